The molecule has 7 heteroatoms. The third-order valence-electron chi connectivity index (χ3n) is 2.30. The van der Waals surface area contributed by atoms with Gasteiger partial charge in [0.15, 0.2) is 0 Å². The average molecular weight is 284 g/mol. The fourth-order valence-corrected chi connectivity index (χ4v) is 1.43. The molecule has 0 bridgehead atoms. The SMILES string of the molecule is CC(C)OCCNC(=O)Nc1cc(F)ccc1C(=O)O. The predicted octanol–water partition coefficient (Wildman–Crippen LogP) is 2.07. The summed E-state index contributed by atoms with van der Waals surface area (Å²) in [5.41, 5.74) is -0.278. The Morgan fingerprint density at radius 3 is 2.70 bits per heavy atom. The molecule has 0 aliphatic rings. The lowest BCUT2D eigenvalue weighted by Gasteiger charge is -2.11. The number of carbonyl (C=O) groups is 2. The summed E-state index contributed by atoms with van der Waals surface area (Å²) < 4.78 is 18.3. The van der Waals surface area contributed by atoms with E-state index in [1.54, 1.807) is 0 Å². The number of aromatic carboxylic acids is 1. The molecule has 2 amide bonds. The van der Waals surface area contributed by atoms with Crippen LogP contribution in [0.2, 0.25) is 0 Å². The first-order valence-electron chi connectivity index (χ1n) is 6.09. The molecule has 0 atom stereocenters. The van der Waals surface area contributed by atoms with Crippen LogP contribution in [-0.2, 0) is 4.74 Å². The number of carboxylic acid groups (broad SMARTS) is 1. The fourth-order valence-electron chi connectivity index (χ4n) is 1.43. The highest BCUT2D eigenvalue weighted by Crippen LogP contribution is 2.17. The maximum Gasteiger partial charge on any atom is 0.337 e. The van der Waals surface area contributed by atoms with Crippen LogP contribution in [0, 0.1) is 5.82 Å². The third-order valence-corrected chi connectivity index (χ3v) is 2.30. The van der Waals surface area contributed by atoms with Gasteiger partial charge in [-0.25, -0.2) is 14.0 Å². The number of amides is 2. The molecule has 110 valence electrons. The Morgan fingerprint density at radius 2 is 2.10 bits per heavy atom. The first kappa shape index (κ1) is 15.9. The summed E-state index contributed by atoms with van der Waals surface area (Å²) in [6, 6.07) is 2.44. The Kier molecular flexibility index (Phi) is 5.92. The van der Waals surface area contributed by atoms with Crippen molar-refractivity contribution in [1.29, 1.82) is 0 Å². The van der Waals surface area contributed by atoms with Gasteiger partial charge in [-0.2, -0.15) is 0 Å². The number of hydrogen-bond acceptors (Lipinski definition) is 3. The standard InChI is InChI=1S/C13H17FN2O4/c1-8(2)20-6-5-15-13(19)16-11-7-9(14)3-4-10(11)12(17)18/h3-4,7-8H,5-6H2,1-2H3,(H,17,18)(H2,15,16,19). The average Bonchev–Trinajstić information content (AvgIpc) is 2.34. The molecule has 20 heavy (non-hydrogen) atoms. The molecule has 0 aliphatic carbocycles. The molecule has 1 aromatic carbocycles. The number of halogens is 1. The van der Waals surface area contributed by atoms with E-state index < -0.39 is 17.8 Å². The van der Waals surface area contributed by atoms with Gasteiger partial charge >= 0.3 is 12.0 Å². The molecule has 0 unspecified atom stereocenters. The van der Waals surface area contributed by atoms with Crippen molar-refractivity contribution in [1.82, 2.24) is 5.32 Å². The Hall–Kier alpha value is -2.15. The lowest BCUT2D eigenvalue weighted by atomic mass is 10.2. The van der Waals surface area contributed by atoms with Crippen LogP contribution in [0.4, 0.5) is 14.9 Å². The van der Waals surface area contributed by atoms with Crippen molar-refractivity contribution in [3.63, 3.8) is 0 Å². The van der Waals surface area contributed by atoms with Crippen LogP contribution in [-0.4, -0.2) is 36.4 Å². The minimum atomic E-state index is -1.25. The zero-order chi connectivity index (χ0) is 15.1. The van der Waals surface area contributed by atoms with Crippen molar-refractivity contribution in [3.05, 3.63) is 29.6 Å². The van der Waals surface area contributed by atoms with E-state index in [0.717, 1.165) is 18.2 Å². The molecule has 0 aromatic heterocycles. The number of urea groups is 1. The van der Waals surface area contributed by atoms with Crippen LogP contribution in [0.25, 0.3) is 0 Å². The number of rotatable bonds is 6. The van der Waals surface area contributed by atoms with Crippen LogP contribution in [0.15, 0.2) is 18.2 Å². The summed E-state index contributed by atoms with van der Waals surface area (Å²) in [7, 11) is 0. The highest BCUT2D eigenvalue weighted by atomic mass is 19.1. The van der Waals surface area contributed by atoms with Gasteiger partial charge in [0.1, 0.15) is 5.82 Å². The number of ether oxygens (including phenoxy) is 1. The van der Waals surface area contributed by atoms with Crippen LogP contribution in [0.5, 0.6) is 0 Å². The summed E-state index contributed by atoms with van der Waals surface area (Å²) in [4.78, 5) is 22.5. The predicted molar refractivity (Wildman–Crippen MR) is 71.5 cm³/mol. The van der Waals surface area contributed by atoms with Gasteiger partial charge < -0.3 is 20.5 Å². The highest BCUT2D eigenvalue weighted by molar-refractivity contribution is 5.99. The molecule has 0 heterocycles. The quantitative estimate of drug-likeness (QED) is 0.698. The Balaban J connectivity index is 2.57. The van der Waals surface area contributed by atoms with E-state index in [0.29, 0.717) is 6.61 Å². The van der Waals surface area contributed by atoms with Gasteiger partial charge in [0.2, 0.25) is 0 Å². The Morgan fingerprint density at radius 1 is 1.40 bits per heavy atom. The van der Waals surface area contributed by atoms with Gasteiger partial charge in [-0.15, -0.1) is 0 Å². The zero-order valence-corrected chi connectivity index (χ0v) is 11.3. The third kappa shape index (κ3) is 5.23. The minimum Gasteiger partial charge on any atom is -0.478 e. The van der Waals surface area contributed by atoms with E-state index >= 15 is 0 Å². The van der Waals surface area contributed by atoms with E-state index in [-0.39, 0.29) is 23.9 Å². The van der Waals surface area contributed by atoms with Crippen molar-refractivity contribution in [3.8, 4) is 0 Å². The van der Waals surface area contributed by atoms with E-state index in [2.05, 4.69) is 10.6 Å². The second kappa shape index (κ2) is 7.44. The van der Waals surface area contributed by atoms with E-state index in [9.17, 15) is 14.0 Å². The van der Waals surface area contributed by atoms with Crippen LogP contribution >= 0.6 is 0 Å². The van der Waals surface area contributed by atoms with Crippen molar-refractivity contribution in [2.75, 3.05) is 18.5 Å². The molecule has 0 saturated heterocycles. The van der Waals surface area contributed by atoms with Crippen LogP contribution < -0.4 is 10.6 Å². The highest BCUT2D eigenvalue weighted by Gasteiger charge is 2.13. The van der Waals surface area contributed by atoms with Gasteiger partial charge in [0.05, 0.1) is 24.0 Å². The molecule has 1 aromatic rings. The molecule has 6 nitrogen and oxygen atoms in total. The van der Waals surface area contributed by atoms with Gasteiger partial charge in [-0.1, -0.05) is 0 Å². The van der Waals surface area contributed by atoms with Gasteiger partial charge in [0, 0.05) is 6.54 Å². The number of carbonyl (C=O) groups excluding carboxylic acids is 1. The Bertz CT molecular complexity index is 491. The smallest absolute Gasteiger partial charge is 0.337 e. The second-order valence-electron chi connectivity index (χ2n) is 4.30. The minimum absolute atomic E-state index is 0.0571. The number of anilines is 1. The summed E-state index contributed by atoms with van der Waals surface area (Å²) in [5.74, 6) is -1.88. The molecule has 0 fully saturated rings. The van der Waals surface area contributed by atoms with Crippen molar-refractivity contribution in [2.45, 2.75) is 20.0 Å². The molecular formula is C13H17FN2O4. The summed E-state index contributed by atoms with van der Waals surface area (Å²) in [5, 5.41) is 13.7. The number of benzene rings is 1. The number of carboxylic acids is 1. The molecule has 0 saturated carbocycles. The topological polar surface area (TPSA) is 87.7 Å². The lowest BCUT2D eigenvalue weighted by molar-refractivity contribution is 0.0697. The molecular weight excluding hydrogens is 267 g/mol. The normalized spacial score (nSPS) is 10.4. The molecule has 0 aliphatic heterocycles. The second-order valence-corrected chi connectivity index (χ2v) is 4.30. The molecule has 0 radical (unpaired) electrons. The lowest BCUT2D eigenvalue weighted by Crippen LogP contribution is -2.32. The van der Waals surface area contributed by atoms with Gasteiger partial charge in [-0.05, 0) is 32.0 Å². The maximum atomic E-state index is 13.1. The molecule has 0 spiro atoms. The van der Waals surface area contributed by atoms with Crippen LogP contribution in [0.3, 0.4) is 0 Å². The summed E-state index contributed by atoms with van der Waals surface area (Å²) in [6.07, 6.45) is 0.0571. The summed E-state index contributed by atoms with van der Waals surface area (Å²) >= 11 is 0. The van der Waals surface area contributed by atoms with Gasteiger partial charge in [-0.3, -0.25) is 0 Å². The van der Waals surface area contributed by atoms with E-state index in [4.69, 9.17) is 9.84 Å². The monoisotopic (exact) mass is 284 g/mol. The van der Waals surface area contributed by atoms with Crippen molar-refractivity contribution < 1.29 is 23.8 Å². The summed E-state index contributed by atoms with van der Waals surface area (Å²) in [6.45, 7) is 4.33. The van der Waals surface area contributed by atoms with Crippen molar-refractivity contribution >= 4 is 17.7 Å². The number of nitrogens with one attached hydrogen (secondary N) is 2. The number of hydrogen-bond donors (Lipinski definition) is 3. The Labute approximate surface area is 115 Å². The first-order valence-corrected chi connectivity index (χ1v) is 6.09. The van der Waals surface area contributed by atoms with E-state index in [1.807, 2.05) is 13.8 Å². The molecule has 3 N–H and O–H groups in total. The first-order chi connectivity index (χ1) is 9.40. The molecule has 1 rings (SSSR count). The zero-order valence-electron chi connectivity index (χ0n) is 11.3. The maximum absolute atomic E-state index is 13.1. The van der Waals surface area contributed by atoms with Crippen molar-refractivity contribution in [2.24, 2.45) is 0 Å². The van der Waals surface area contributed by atoms with Crippen LogP contribution in [0.1, 0.15) is 24.2 Å². The fraction of sp³-hybridized carbons (Fsp3) is 0.385. The largest absolute Gasteiger partial charge is 0.478 e. The van der Waals surface area contributed by atoms with Gasteiger partial charge in [0.25, 0.3) is 0 Å². The van der Waals surface area contributed by atoms with E-state index in [1.165, 1.54) is 0 Å².